The first-order valence-electron chi connectivity index (χ1n) is 10.4. The standard InChI is InChI=1S/C24H26OPS2.NO3/c25-28-20-10-19-27-24(28)17-18-26(21-11-4-1-5-12-21,22-13-6-2-7-14-22)23-15-8-3-9-16-23;2-1(3)4/h1-9,11-16,24H,10,17-20H2;/q+1;-1. The van der Waals surface area contributed by atoms with E-state index in [1.807, 2.05) is 11.8 Å². The van der Waals surface area contributed by atoms with E-state index >= 15 is 0 Å². The lowest BCUT2D eigenvalue weighted by molar-refractivity contribution is -0.402. The molecule has 5 nitrogen and oxygen atoms in total. The molecule has 8 heteroatoms. The first kappa shape index (κ1) is 24.4. The highest BCUT2D eigenvalue weighted by atomic mass is 32.2. The lowest BCUT2D eigenvalue weighted by Crippen LogP contribution is -2.35. The summed E-state index contributed by atoms with van der Waals surface area (Å²) in [5, 5.41) is 19.0. The minimum absolute atomic E-state index is 0.268. The van der Waals surface area contributed by atoms with Crippen LogP contribution in [-0.2, 0) is 10.8 Å². The molecule has 0 spiro atoms. The summed E-state index contributed by atoms with van der Waals surface area (Å²) in [6, 6.07) is 33.0. The highest BCUT2D eigenvalue weighted by molar-refractivity contribution is 8.11. The summed E-state index contributed by atoms with van der Waals surface area (Å²) < 4.78 is 12.9. The molecule has 1 heterocycles. The maximum Gasteiger partial charge on any atom is 0.112 e. The molecule has 1 fully saturated rings. The molecule has 0 N–H and O–H groups in total. The Morgan fingerprint density at radius 2 is 1.25 bits per heavy atom. The summed E-state index contributed by atoms with van der Waals surface area (Å²) in [6.07, 6.45) is 3.16. The zero-order chi connectivity index (χ0) is 22.8. The number of hydrogen-bond acceptors (Lipinski definition) is 5. The van der Waals surface area contributed by atoms with Crippen molar-refractivity contribution in [3.05, 3.63) is 106 Å². The molecule has 0 saturated carbocycles. The van der Waals surface area contributed by atoms with Gasteiger partial charge in [-0.05, 0) is 48.6 Å². The van der Waals surface area contributed by atoms with Crippen molar-refractivity contribution >= 4 is 45.7 Å². The van der Waals surface area contributed by atoms with Crippen LogP contribution in [0.2, 0.25) is 0 Å². The van der Waals surface area contributed by atoms with E-state index in [1.165, 1.54) is 15.9 Å². The fraction of sp³-hybridized carbons (Fsp3) is 0.250. The van der Waals surface area contributed by atoms with Gasteiger partial charge in [0.15, 0.2) is 0 Å². The van der Waals surface area contributed by atoms with Crippen molar-refractivity contribution in [1.82, 2.24) is 0 Å². The number of thioether (sulfide) groups is 1. The van der Waals surface area contributed by atoms with E-state index in [1.54, 1.807) is 0 Å². The van der Waals surface area contributed by atoms with Crippen LogP contribution in [0, 0.1) is 15.3 Å². The lowest BCUT2D eigenvalue weighted by atomic mass is 10.4. The molecule has 2 unspecified atom stereocenters. The molecule has 3 aromatic carbocycles. The molecule has 1 aliphatic rings. The van der Waals surface area contributed by atoms with Gasteiger partial charge in [0.25, 0.3) is 0 Å². The van der Waals surface area contributed by atoms with Gasteiger partial charge in [-0.2, -0.15) is 0 Å². The molecule has 0 radical (unpaired) electrons. The summed E-state index contributed by atoms with van der Waals surface area (Å²) in [7, 11) is -2.50. The van der Waals surface area contributed by atoms with E-state index in [-0.39, 0.29) is 4.58 Å². The maximum absolute atomic E-state index is 12.6. The monoisotopic (exact) mass is 487 g/mol. The lowest BCUT2D eigenvalue weighted by Gasteiger charge is -2.30. The normalized spacial score (nSPS) is 18.2. The molecule has 1 saturated heterocycles. The predicted molar refractivity (Wildman–Crippen MR) is 139 cm³/mol. The van der Waals surface area contributed by atoms with Gasteiger partial charge < -0.3 is 15.3 Å². The Bertz CT molecular complexity index is 906. The molecule has 3 aromatic rings. The van der Waals surface area contributed by atoms with Gasteiger partial charge in [-0.3, -0.25) is 4.21 Å². The number of rotatable bonds is 6. The van der Waals surface area contributed by atoms with Gasteiger partial charge in [0.05, 0.1) is 15.8 Å². The van der Waals surface area contributed by atoms with Crippen molar-refractivity contribution in [3.63, 3.8) is 0 Å². The first-order valence-corrected chi connectivity index (χ1v) is 14.8. The molecular formula is C24H26NO4PS2. The van der Waals surface area contributed by atoms with Crippen molar-refractivity contribution in [1.29, 1.82) is 0 Å². The van der Waals surface area contributed by atoms with Crippen LogP contribution in [0.4, 0.5) is 0 Å². The molecule has 168 valence electrons. The molecule has 32 heavy (non-hydrogen) atoms. The van der Waals surface area contributed by atoms with Crippen molar-refractivity contribution in [2.75, 3.05) is 17.7 Å². The van der Waals surface area contributed by atoms with Crippen LogP contribution in [0.3, 0.4) is 0 Å². The van der Waals surface area contributed by atoms with Gasteiger partial charge in [-0.15, -0.1) is 11.8 Å². The van der Waals surface area contributed by atoms with E-state index in [0.29, 0.717) is 0 Å². The summed E-state index contributed by atoms with van der Waals surface area (Å²) >= 11 is 1.92. The van der Waals surface area contributed by atoms with E-state index in [2.05, 4.69) is 91.0 Å². The van der Waals surface area contributed by atoms with Crippen molar-refractivity contribution in [2.45, 2.75) is 17.4 Å². The SMILES string of the molecule is O=S1CCCSC1CC[P+](c1ccccc1)(c1ccccc1)c1ccccc1.O=[N+]([O-])[O-]. The molecular weight excluding hydrogens is 461 g/mol. The molecule has 2 atom stereocenters. The summed E-state index contributed by atoms with van der Waals surface area (Å²) in [4.78, 5) is 8.25. The van der Waals surface area contributed by atoms with Crippen LogP contribution >= 0.6 is 19.0 Å². The highest BCUT2D eigenvalue weighted by Gasteiger charge is 2.45. The van der Waals surface area contributed by atoms with Crippen LogP contribution < -0.4 is 15.9 Å². The summed E-state index contributed by atoms with van der Waals surface area (Å²) in [6.45, 7) is 0. The Morgan fingerprint density at radius 1 is 0.844 bits per heavy atom. The Hall–Kier alpha value is -2.21. The van der Waals surface area contributed by atoms with Gasteiger partial charge >= 0.3 is 0 Å². The van der Waals surface area contributed by atoms with Crippen LogP contribution in [0.5, 0.6) is 0 Å². The van der Waals surface area contributed by atoms with Gasteiger partial charge in [-0.1, -0.05) is 54.6 Å². The smallest absolute Gasteiger partial charge is 0.112 e. The third kappa shape index (κ3) is 6.18. The Kier molecular flexibility index (Phi) is 9.27. The van der Waals surface area contributed by atoms with E-state index in [4.69, 9.17) is 15.3 Å². The number of nitrogens with zero attached hydrogens (tertiary/aromatic N) is 1. The Balaban J connectivity index is 0.000000668. The summed E-state index contributed by atoms with van der Waals surface area (Å²) in [5.74, 6) is 2.01. The highest BCUT2D eigenvalue weighted by Crippen LogP contribution is 2.56. The molecule has 0 bridgehead atoms. The van der Waals surface area contributed by atoms with Gasteiger partial charge in [0.1, 0.15) is 23.2 Å². The first-order chi connectivity index (χ1) is 15.5. The minimum atomic E-state index is -1.79. The maximum atomic E-state index is 12.6. The number of benzene rings is 3. The third-order valence-electron chi connectivity index (χ3n) is 5.38. The quantitative estimate of drug-likeness (QED) is 0.293. The van der Waals surface area contributed by atoms with Crippen LogP contribution in [0.15, 0.2) is 91.0 Å². The zero-order valence-electron chi connectivity index (χ0n) is 17.6. The Labute approximate surface area is 196 Å². The topological polar surface area (TPSA) is 83.3 Å². The van der Waals surface area contributed by atoms with Gasteiger partial charge in [0.2, 0.25) is 0 Å². The number of hydrogen-bond donors (Lipinski definition) is 0. The second kappa shape index (κ2) is 12.1. The average Bonchev–Trinajstić information content (AvgIpc) is 2.82. The van der Waals surface area contributed by atoms with Crippen LogP contribution in [0.25, 0.3) is 0 Å². The predicted octanol–water partition coefficient (Wildman–Crippen LogP) is 4.34. The fourth-order valence-electron chi connectivity index (χ4n) is 4.02. The van der Waals surface area contributed by atoms with E-state index in [9.17, 15) is 4.21 Å². The van der Waals surface area contributed by atoms with Crippen molar-refractivity contribution in [2.24, 2.45) is 0 Å². The van der Waals surface area contributed by atoms with Crippen molar-refractivity contribution in [3.8, 4) is 0 Å². The Morgan fingerprint density at radius 3 is 1.62 bits per heavy atom. The average molecular weight is 488 g/mol. The molecule has 0 aliphatic carbocycles. The van der Waals surface area contributed by atoms with E-state index < -0.39 is 23.1 Å². The fourth-order valence-corrected chi connectivity index (χ4v) is 12.0. The van der Waals surface area contributed by atoms with Gasteiger partial charge in [-0.25, -0.2) is 0 Å². The third-order valence-corrected chi connectivity index (χ3v) is 13.5. The zero-order valence-corrected chi connectivity index (χ0v) is 20.1. The largest absolute Gasteiger partial charge is 0.356 e. The van der Waals surface area contributed by atoms with Gasteiger partial charge in [0, 0.05) is 23.0 Å². The molecule has 1 aliphatic heterocycles. The van der Waals surface area contributed by atoms with Crippen LogP contribution in [0.1, 0.15) is 12.8 Å². The second-order valence-electron chi connectivity index (χ2n) is 7.29. The van der Waals surface area contributed by atoms with Crippen molar-refractivity contribution < 1.29 is 9.30 Å². The molecule has 4 rings (SSSR count). The van der Waals surface area contributed by atoms with Crippen LogP contribution in [-0.4, -0.2) is 31.5 Å². The second-order valence-corrected chi connectivity index (χ2v) is 14.3. The van der Waals surface area contributed by atoms with E-state index in [0.717, 1.165) is 30.5 Å². The summed E-state index contributed by atoms with van der Waals surface area (Å²) in [5.41, 5.74) is 0. The minimum Gasteiger partial charge on any atom is -0.356 e. The molecule has 0 aromatic heterocycles. The molecule has 0 amide bonds.